The molecule has 0 spiro atoms. The van der Waals surface area contributed by atoms with Gasteiger partial charge in [-0.3, -0.25) is 0 Å². The highest BCUT2D eigenvalue weighted by Gasteiger charge is 2.12. The molecule has 0 aromatic heterocycles. The molecule has 1 unspecified atom stereocenters. The van der Waals surface area contributed by atoms with Crippen LogP contribution in [-0.2, 0) is 6.42 Å². The lowest BCUT2D eigenvalue weighted by Crippen LogP contribution is -2.05. The van der Waals surface area contributed by atoms with E-state index in [1.807, 2.05) is 6.07 Å². The van der Waals surface area contributed by atoms with Crippen molar-refractivity contribution in [1.82, 2.24) is 0 Å². The minimum atomic E-state index is -0.281. The SMILES string of the molecule is Fc1ccc(C(CCl)Cc2cc(F)cc(Br)c2)cc1. The van der Waals surface area contributed by atoms with E-state index in [0.717, 1.165) is 11.1 Å². The summed E-state index contributed by atoms with van der Waals surface area (Å²) in [5.41, 5.74) is 1.82. The standard InChI is InChI=1S/C15H12BrClF2/c16-13-6-10(7-15(19)8-13)5-12(9-17)11-1-3-14(18)4-2-11/h1-4,6-8,12H,5,9H2. The minimum Gasteiger partial charge on any atom is -0.207 e. The number of alkyl halides is 1. The molecule has 0 nitrogen and oxygen atoms in total. The van der Waals surface area contributed by atoms with Crippen molar-refractivity contribution < 1.29 is 8.78 Å². The molecular weight excluding hydrogens is 334 g/mol. The second kappa shape index (κ2) is 6.49. The quantitative estimate of drug-likeness (QED) is 0.660. The van der Waals surface area contributed by atoms with Crippen molar-refractivity contribution in [2.75, 3.05) is 5.88 Å². The topological polar surface area (TPSA) is 0 Å². The fourth-order valence-corrected chi connectivity index (χ4v) is 2.81. The van der Waals surface area contributed by atoms with E-state index < -0.39 is 0 Å². The van der Waals surface area contributed by atoms with Crippen LogP contribution < -0.4 is 0 Å². The molecule has 1 atom stereocenters. The number of halogens is 4. The van der Waals surface area contributed by atoms with Crippen molar-refractivity contribution in [1.29, 1.82) is 0 Å². The third-order valence-corrected chi connectivity index (χ3v) is 3.76. The van der Waals surface area contributed by atoms with E-state index in [0.29, 0.717) is 16.8 Å². The largest absolute Gasteiger partial charge is 0.207 e. The molecule has 0 aliphatic heterocycles. The minimum absolute atomic E-state index is 0.0379. The van der Waals surface area contributed by atoms with Crippen LogP contribution in [0.2, 0.25) is 0 Å². The highest BCUT2D eigenvalue weighted by molar-refractivity contribution is 9.10. The van der Waals surface area contributed by atoms with Gasteiger partial charge in [0.05, 0.1) is 0 Å². The van der Waals surface area contributed by atoms with Crippen LogP contribution in [-0.4, -0.2) is 5.88 Å². The van der Waals surface area contributed by atoms with Gasteiger partial charge >= 0.3 is 0 Å². The monoisotopic (exact) mass is 344 g/mol. The number of rotatable bonds is 4. The lowest BCUT2D eigenvalue weighted by molar-refractivity contribution is 0.621. The van der Waals surface area contributed by atoms with Crippen LogP contribution in [0.5, 0.6) is 0 Å². The Balaban J connectivity index is 2.21. The molecule has 2 aromatic carbocycles. The summed E-state index contributed by atoms with van der Waals surface area (Å²) in [6.45, 7) is 0. The molecule has 0 fully saturated rings. The zero-order valence-electron chi connectivity index (χ0n) is 10.0. The Morgan fingerprint density at radius 3 is 2.26 bits per heavy atom. The zero-order valence-corrected chi connectivity index (χ0v) is 12.4. The van der Waals surface area contributed by atoms with Crippen LogP contribution in [0.25, 0.3) is 0 Å². The summed E-state index contributed by atoms with van der Waals surface area (Å²) in [4.78, 5) is 0. The van der Waals surface area contributed by atoms with E-state index >= 15 is 0 Å². The number of hydrogen-bond acceptors (Lipinski definition) is 0. The van der Waals surface area contributed by atoms with Crippen molar-refractivity contribution in [2.45, 2.75) is 12.3 Å². The highest BCUT2D eigenvalue weighted by atomic mass is 79.9. The molecular formula is C15H12BrClF2. The average Bonchev–Trinajstić information content (AvgIpc) is 2.36. The van der Waals surface area contributed by atoms with E-state index in [1.165, 1.54) is 24.3 Å². The van der Waals surface area contributed by atoms with Crippen LogP contribution in [0, 0.1) is 11.6 Å². The summed E-state index contributed by atoms with van der Waals surface area (Å²) in [5, 5.41) is 0. The van der Waals surface area contributed by atoms with Gasteiger partial charge in [-0.05, 0) is 47.9 Å². The van der Waals surface area contributed by atoms with Crippen LogP contribution in [0.3, 0.4) is 0 Å². The second-order valence-corrected chi connectivity index (χ2v) is 5.61. The maximum absolute atomic E-state index is 13.3. The van der Waals surface area contributed by atoms with Crippen molar-refractivity contribution in [2.24, 2.45) is 0 Å². The van der Waals surface area contributed by atoms with E-state index in [4.69, 9.17) is 11.6 Å². The maximum atomic E-state index is 13.3. The van der Waals surface area contributed by atoms with Gasteiger partial charge in [0.2, 0.25) is 0 Å². The van der Waals surface area contributed by atoms with E-state index in [-0.39, 0.29) is 17.6 Å². The van der Waals surface area contributed by atoms with Gasteiger partial charge in [0, 0.05) is 16.3 Å². The summed E-state index contributed by atoms with van der Waals surface area (Å²) in [5.74, 6) is -0.113. The first-order valence-corrected chi connectivity index (χ1v) is 7.17. The Hall–Kier alpha value is -0.930. The molecule has 0 saturated carbocycles. The van der Waals surface area contributed by atoms with Gasteiger partial charge in [-0.1, -0.05) is 28.1 Å². The fourth-order valence-electron chi connectivity index (χ4n) is 2.01. The predicted octanol–water partition coefficient (Wildman–Crippen LogP) is 5.29. The molecule has 100 valence electrons. The fraction of sp³-hybridized carbons (Fsp3) is 0.200. The molecule has 0 aliphatic carbocycles. The molecule has 0 saturated heterocycles. The lowest BCUT2D eigenvalue weighted by atomic mass is 9.93. The maximum Gasteiger partial charge on any atom is 0.124 e. The highest BCUT2D eigenvalue weighted by Crippen LogP contribution is 2.25. The average molecular weight is 346 g/mol. The molecule has 0 heterocycles. The third-order valence-electron chi connectivity index (χ3n) is 2.93. The lowest BCUT2D eigenvalue weighted by Gasteiger charge is -2.15. The molecule has 0 radical (unpaired) electrons. The van der Waals surface area contributed by atoms with Gasteiger partial charge in [0.1, 0.15) is 11.6 Å². The third kappa shape index (κ3) is 4.02. The van der Waals surface area contributed by atoms with Crippen LogP contribution >= 0.6 is 27.5 Å². The first kappa shape index (κ1) is 14.5. The van der Waals surface area contributed by atoms with Crippen molar-refractivity contribution >= 4 is 27.5 Å². The van der Waals surface area contributed by atoms with Crippen molar-refractivity contribution in [3.63, 3.8) is 0 Å². The van der Waals surface area contributed by atoms with Crippen LogP contribution in [0.1, 0.15) is 17.0 Å². The number of benzene rings is 2. The van der Waals surface area contributed by atoms with Gasteiger partial charge in [0.25, 0.3) is 0 Å². The summed E-state index contributed by atoms with van der Waals surface area (Å²) in [7, 11) is 0. The summed E-state index contributed by atoms with van der Waals surface area (Å²) >= 11 is 9.24. The molecule has 19 heavy (non-hydrogen) atoms. The molecule has 2 aromatic rings. The first-order chi connectivity index (χ1) is 9.08. The normalized spacial score (nSPS) is 12.4. The summed E-state index contributed by atoms with van der Waals surface area (Å²) in [6, 6.07) is 11.0. The number of hydrogen-bond donors (Lipinski definition) is 0. The Morgan fingerprint density at radius 2 is 1.68 bits per heavy atom. The zero-order chi connectivity index (χ0) is 13.8. The molecule has 0 aliphatic rings. The predicted molar refractivity (Wildman–Crippen MR) is 77.7 cm³/mol. The Labute approximate surface area is 124 Å². The van der Waals surface area contributed by atoms with Gasteiger partial charge in [0.15, 0.2) is 0 Å². The Kier molecular flexibility index (Phi) is 4.94. The first-order valence-electron chi connectivity index (χ1n) is 5.85. The molecule has 2 rings (SSSR count). The van der Waals surface area contributed by atoms with Gasteiger partial charge in [-0.2, -0.15) is 0 Å². The summed E-state index contributed by atoms with van der Waals surface area (Å²) < 4.78 is 26.9. The van der Waals surface area contributed by atoms with E-state index in [1.54, 1.807) is 12.1 Å². The Bertz CT molecular complexity index is 534. The van der Waals surface area contributed by atoms with Crippen LogP contribution in [0.4, 0.5) is 8.78 Å². The van der Waals surface area contributed by atoms with E-state index in [9.17, 15) is 8.78 Å². The molecule has 0 N–H and O–H groups in total. The second-order valence-electron chi connectivity index (χ2n) is 4.38. The van der Waals surface area contributed by atoms with Crippen molar-refractivity contribution in [3.8, 4) is 0 Å². The Morgan fingerprint density at radius 1 is 1.00 bits per heavy atom. The molecule has 0 bridgehead atoms. The van der Waals surface area contributed by atoms with Gasteiger partial charge in [-0.25, -0.2) is 8.78 Å². The molecule has 4 heteroatoms. The van der Waals surface area contributed by atoms with Crippen molar-refractivity contribution in [3.05, 3.63) is 69.7 Å². The van der Waals surface area contributed by atoms with Gasteiger partial charge < -0.3 is 0 Å². The smallest absolute Gasteiger partial charge is 0.124 e. The summed E-state index contributed by atoms with van der Waals surface area (Å²) in [6.07, 6.45) is 0.617. The van der Waals surface area contributed by atoms with Gasteiger partial charge in [-0.15, -0.1) is 11.6 Å². The van der Waals surface area contributed by atoms with Crippen LogP contribution in [0.15, 0.2) is 46.9 Å². The van der Waals surface area contributed by atoms with E-state index in [2.05, 4.69) is 15.9 Å². The molecule has 0 amide bonds.